The molecule has 0 spiro atoms. The second kappa shape index (κ2) is 11.4. The topological polar surface area (TPSA) is 58.6 Å². The first kappa shape index (κ1) is 24.1. The van der Waals surface area contributed by atoms with Gasteiger partial charge in [0.05, 0.1) is 0 Å². The van der Waals surface area contributed by atoms with Gasteiger partial charge < -0.3 is 15.0 Å². The SMILES string of the molecule is CC(C)c1ccccc1OCC(=O)N(Cc1cccc(Cl)c1)[C@H](C)C(=O)NC1CCCC1. The Hall–Kier alpha value is -2.53. The first-order chi connectivity index (χ1) is 15.3. The molecule has 2 aromatic carbocycles. The molecule has 5 nitrogen and oxygen atoms in total. The fraction of sp³-hybridized carbons (Fsp3) is 0.462. The van der Waals surface area contributed by atoms with E-state index in [-0.39, 0.29) is 36.9 Å². The van der Waals surface area contributed by atoms with Gasteiger partial charge in [0.2, 0.25) is 5.91 Å². The maximum Gasteiger partial charge on any atom is 0.261 e. The van der Waals surface area contributed by atoms with Crippen molar-refractivity contribution in [2.45, 2.75) is 71.0 Å². The highest BCUT2D eigenvalue weighted by Crippen LogP contribution is 2.26. The van der Waals surface area contributed by atoms with Gasteiger partial charge in [-0.2, -0.15) is 0 Å². The smallest absolute Gasteiger partial charge is 0.261 e. The van der Waals surface area contributed by atoms with Crippen LogP contribution in [0.15, 0.2) is 48.5 Å². The zero-order chi connectivity index (χ0) is 23.1. The van der Waals surface area contributed by atoms with Crippen LogP contribution in [-0.2, 0) is 16.1 Å². The molecule has 1 aliphatic carbocycles. The molecule has 0 bridgehead atoms. The van der Waals surface area contributed by atoms with Crippen LogP contribution in [0.2, 0.25) is 5.02 Å². The second-order valence-electron chi connectivity index (χ2n) is 8.80. The van der Waals surface area contributed by atoms with Gasteiger partial charge in [0, 0.05) is 17.6 Å². The maximum atomic E-state index is 13.3. The number of hydrogen-bond acceptors (Lipinski definition) is 3. The molecular weight excluding hydrogens is 424 g/mol. The van der Waals surface area contributed by atoms with Gasteiger partial charge in [-0.1, -0.05) is 68.6 Å². The maximum absolute atomic E-state index is 13.3. The molecule has 172 valence electrons. The minimum atomic E-state index is -0.619. The Morgan fingerprint density at radius 1 is 1.09 bits per heavy atom. The first-order valence-corrected chi connectivity index (χ1v) is 11.8. The van der Waals surface area contributed by atoms with Crippen LogP contribution in [0.3, 0.4) is 0 Å². The lowest BCUT2D eigenvalue weighted by Crippen LogP contribution is -2.50. The van der Waals surface area contributed by atoms with E-state index in [1.165, 1.54) is 0 Å². The average molecular weight is 457 g/mol. The highest BCUT2D eigenvalue weighted by molar-refractivity contribution is 6.30. The highest BCUT2D eigenvalue weighted by atomic mass is 35.5. The van der Waals surface area contributed by atoms with Gasteiger partial charge in [0.25, 0.3) is 5.91 Å². The van der Waals surface area contributed by atoms with Gasteiger partial charge in [-0.05, 0) is 55.0 Å². The van der Waals surface area contributed by atoms with Crippen LogP contribution in [0.1, 0.15) is 63.5 Å². The van der Waals surface area contributed by atoms with E-state index in [1.54, 1.807) is 17.9 Å². The van der Waals surface area contributed by atoms with Gasteiger partial charge >= 0.3 is 0 Å². The largest absolute Gasteiger partial charge is 0.483 e. The van der Waals surface area contributed by atoms with Gasteiger partial charge in [-0.25, -0.2) is 0 Å². The van der Waals surface area contributed by atoms with Crippen LogP contribution in [0.4, 0.5) is 0 Å². The number of rotatable bonds is 9. The van der Waals surface area contributed by atoms with Crippen LogP contribution in [0, 0.1) is 0 Å². The van der Waals surface area contributed by atoms with Gasteiger partial charge in [0.1, 0.15) is 11.8 Å². The molecule has 1 atom stereocenters. The second-order valence-corrected chi connectivity index (χ2v) is 9.24. The third-order valence-electron chi connectivity index (χ3n) is 6.00. The van der Waals surface area contributed by atoms with Crippen LogP contribution < -0.4 is 10.1 Å². The van der Waals surface area contributed by atoms with Crippen molar-refractivity contribution in [3.05, 3.63) is 64.7 Å². The van der Waals surface area contributed by atoms with Crippen molar-refractivity contribution in [3.63, 3.8) is 0 Å². The predicted molar refractivity (Wildman–Crippen MR) is 128 cm³/mol. The van der Waals surface area contributed by atoms with E-state index < -0.39 is 6.04 Å². The van der Waals surface area contributed by atoms with Crippen molar-refractivity contribution in [1.29, 1.82) is 0 Å². The lowest BCUT2D eigenvalue weighted by atomic mass is 10.0. The van der Waals surface area contributed by atoms with Crippen LogP contribution in [-0.4, -0.2) is 35.4 Å². The Bertz CT molecular complexity index is 925. The number of carbonyl (C=O) groups excluding carboxylic acids is 2. The molecular formula is C26H33ClN2O3. The van der Waals surface area contributed by atoms with Crippen molar-refractivity contribution < 1.29 is 14.3 Å². The number of amides is 2. The molecule has 3 rings (SSSR count). The summed E-state index contributed by atoms with van der Waals surface area (Å²) in [5.74, 6) is 0.606. The number of nitrogens with one attached hydrogen (secondary N) is 1. The molecule has 0 aromatic heterocycles. The molecule has 2 amide bonds. The summed E-state index contributed by atoms with van der Waals surface area (Å²) in [5, 5.41) is 3.71. The van der Waals surface area contributed by atoms with Crippen LogP contribution in [0.25, 0.3) is 0 Å². The zero-order valence-corrected chi connectivity index (χ0v) is 19.9. The fourth-order valence-corrected chi connectivity index (χ4v) is 4.33. The normalized spacial score (nSPS) is 14.9. The molecule has 6 heteroatoms. The van der Waals surface area contributed by atoms with Gasteiger partial charge in [0.15, 0.2) is 6.61 Å². The molecule has 0 radical (unpaired) electrons. The molecule has 32 heavy (non-hydrogen) atoms. The molecule has 0 saturated heterocycles. The Morgan fingerprint density at radius 3 is 2.50 bits per heavy atom. The third-order valence-corrected chi connectivity index (χ3v) is 6.24. The number of para-hydroxylation sites is 1. The fourth-order valence-electron chi connectivity index (χ4n) is 4.12. The van der Waals surface area contributed by atoms with E-state index in [9.17, 15) is 9.59 Å². The quantitative estimate of drug-likeness (QED) is 0.555. The number of benzene rings is 2. The highest BCUT2D eigenvalue weighted by Gasteiger charge is 2.29. The number of ether oxygens (including phenoxy) is 1. The number of halogens is 1. The molecule has 0 heterocycles. The lowest BCUT2D eigenvalue weighted by molar-refractivity contribution is -0.142. The summed E-state index contributed by atoms with van der Waals surface area (Å²) >= 11 is 6.14. The summed E-state index contributed by atoms with van der Waals surface area (Å²) in [6.07, 6.45) is 4.26. The number of carbonyl (C=O) groups is 2. The van der Waals surface area contributed by atoms with Crippen LogP contribution >= 0.6 is 11.6 Å². The van der Waals surface area contributed by atoms with E-state index in [0.717, 1.165) is 36.8 Å². The summed E-state index contributed by atoms with van der Waals surface area (Å²) in [6, 6.07) is 14.7. The van der Waals surface area contributed by atoms with E-state index in [1.807, 2.05) is 42.5 Å². The average Bonchev–Trinajstić information content (AvgIpc) is 3.28. The van der Waals surface area contributed by atoms with E-state index in [4.69, 9.17) is 16.3 Å². The van der Waals surface area contributed by atoms with E-state index in [0.29, 0.717) is 10.8 Å². The van der Waals surface area contributed by atoms with Gasteiger partial charge in [-0.15, -0.1) is 0 Å². The summed E-state index contributed by atoms with van der Waals surface area (Å²) < 4.78 is 5.92. The zero-order valence-electron chi connectivity index (χ0n) is 19.1. The van der Waals surface area contributed by atoms with Crippen molar-refractivity contribution in [1.82, 2.24) is 10.2 Å². The van der Waals surface area contributed by atoms with Crippen molar-refractivity contribution >= 4 is 23.4 Å². The summed E-state index contributed by atoms with van der Waals surface area (Å²) in [4.78, 5) is 27.8. The van der Waals surface area contributed by atoms with Crippen molar-refractivity contribution in [2.24, 2.45) is 0 Å². The number of nitrogens with zero attached hydrogens (tertiary/aromatic N) is 1. The summed E-state index contributed by atoms with van der Waals surface area (Å²) in [5.41, 5.74) is 1.92. The standard InChI is InChI=1S/C26H33ClN2O3/c1-18(2)23-13-6-7-14-24(23)32-17-25(30)29(16-20-9-8-10-21(27)15-20)19(3)26(31)28-22-11-4-5-12-22/h6-10,13-15,18-19,22H,4-5,11-12,16-17H2,1-3H3,(H,28,31)/t19-/m1/s1. The lowest BCUT2D eigenvalue weighted by Gasteiger charge is -2.30. The Kier molecular flexibility index (Phi) is 8.57. The molecule has 1 fully saturated rings. The predicted octanol–water partition coefficient (Wildman–Crippen LogP) is 5.32. The van der Waals surface area contributed by atoms with Gasteiger partial charge in [-0.3, -0.25) is 9.59 Å². The molecule has 1 aliphatic rings. The molecule has 1 N–H and O–H groups in total. The molecule has 0 unspecified atom stereocenters. The van der Waals surface area contributed by atoms with E-state index in [2.05, 4.69) is 19.2 Å². The third kappa shape index (κ3) is 6.49. The Morgan fingerprint density at radius 2 is 1.81 bits per heavy atom. The minimum absolute atomic E-state index is 0.130. The van der Waals surface area contributed by atoms with E-state index >= 15 is 0 Å². The number of hydrogen-bond donors (Lipinski definition) is 1. The Labute approximate surface area is 196 Å². The monoisotopic (exact) mass is 456 g/mol. The van der Waals surface area contributed by atoms with Crippen molar-refractivity contribution in [2.75, 3.05) is 6.61 Å². The molecule has 2 aromatic rings. The Balaban J connectivity index is 1.74. The minimum Gasteiger partial charge on any atom is -0.483 e. The van der Waals surface area contributed by atoms with Crippen molar-refractivity contribution in [3.8, 4) is 5.75 Å². The van der Waals surface area contributed by atoms with Crippen LogP contribution in [0.5, 0.6) is 5.75 Å². The summed E-state index contributed by atoms with van der Waals surface area (Å²) in [7, 11) is 0. The first-order valence-electron chi connectivity index (χ1n) is 11.4. The summed E-state index contributed by atoms with van der Waals surface area (Å²) in [6.45, 7) is 6.10. The molecule has 0 aliphatic heterocycles. The molecule has 1 saturated carbocycles.